The molecule has 1 aromatic heterocycles. The van der Waals surface area contributed by atoms with Gasteiger partial charge in [-0.05, 0) is 53.2 Å². The molecule has 0 radical (unpaired) electrons. The summed E-state index contributed by atoms with van der Waals surface area (Å²) >= 11 is 0. The number of hydrogen-bond donors (Lipinski definition) is 2. The van der Waals surface area contributed by atoms with E-state index in [1.807, 2.05) is 0 Å². The number of aliphatic carboxylic acids is 1. The number of aromatic nitrogens is 1. The number of amides is 2. The number of alkyl carbamates (subject to hydrolysis) is 1. The van der Waals surface area contributed by atoms with Crippen LogP contribution in [0.4, 0.5) is 15.4 Å². The minimum Gasteiger partial charge on any atom is -0.481 e. The first-order valence-electron chi connectivity index (χ1n) is 8.91. The molecule has 0 saturated carbocycles. The van der Waals surface area contributed by atoms with E-state index in [0.29, 0.717) is 5.56 Å². The molecule has 1 aromatic rings. The summed E-state index contributed by atoms with van der Waals surface area (Å²) in [6.07, 6.45) is 0.000516. The molecule has 0 spiro atoms. The first kappa shape index (κ1) is 23.2. The first-order chi connectivity index (χ1) is 12.8. The van der Waals surface area contributed by atoms with E-state index in [2.05, 4.69) is 10.3 Å². The molecule has 0 unspecified atom stereocenters. The van der Waals surface area contributed by atoms with Gasteiger partial charge in [-0.2, -0.15) is 0 Å². The molecule has 0 saturated heterocycles. The minimum atomic E-state index is -0.972. The molecule has 0 aliphatic rings. The topological polar surface area (TPSA) is 118 Å². The van der Waals surface area contributed by atoms with Gasteiger partial charge in [0.05, 0.1) is 6.42 Å². The third-order valence-corrected chi connectivity index (χ3v) is 3.06. The van der Waals surface area contributed by atoms with Gasteiger partial charge in [-0.25, -0.2) is 14.6 Å². The smallest absolute Gasteiger partial charge is 0.416 e. The summed E-state index contributed by atoms with van der Waals surface area (Å²) in [5, 5.41) is 11.4. The zero-order valence-corrected chi connectivity index (χ0v) is 17.2. The molecular weight excluding hydrogens is 366 g/mol. The van der Waals surface area contributed by atoms with Crippen molar-refractivity contribution in [3.63, 3.8) is 0 Å². The molecule has 2 amide bonds. The maximum atomic E-state index is 12.6. The highest BCUT2D eigenvalue weighted by molar-refractivity contribution is 5.86. The average Bonchev–Trinajstić information content (AvgIpc) is 2.48. The summed E-state index contributed by atoms with van der Waals surface area (Å²) in [4.78, 5) is 40.6. The quantitative estimate of drug-likeness (QED) is 0.760. The molecule has 0 fully saturated rings. The van der Waals surface area contributed by atoms with Gasteiger partial charge in [0.15, 0.2) is 0 Å². The van der Waals surface area contributed by atoms with Gasteiger partial charge >= 0.3 is 18.2 Å². The predicted octanol–water partition coefficient (Wildman–Crippen LogP) is 2.97. The average molecular weight is 395 g/mol. The number of hydrogen-bond acceptors (Lipinski definition) is 6. The van der Waals surface area contributed by atoms with E-state index in [0.717, 1.165) is 0 Å². The SMILES string of the molecule is CC(C)(C)OC(=O)NCCN(C(=O)OC(C)(C)C)c1ccc(CC(=O)O)cn1. The molecule has 1 heterocycles. The molecule has 9 heteroatoms. The standard InChI is InChI=1S/C19H29N3O6/c1-18(2,3)27-16(25)20-9-10-22(17(26)28-19(4,5)6)14-8-7-13(12-21-14)11-15(23)24/h7-8,12H,9-11H2,1-6H3,(H,20,25)(H,23,24). The van der Waals surface area contributed by atoms with Crippen LogP contribution in [0.25, 0.3) is 0 Å². The van der Waals surface area contributed by atoms with E-state index in [4.69, 9.17) is 14.6 Å². The fourth-order valence-electron chi connectivity index (χ4n) is 2.06. The number of carbonyl (C=O) groups is 3. The summed E-state index contributed by atoms with van der Waals surface area (Å²) in [6, 6.07) is 3.12. The molecule has 1 rings (SSSR count). The van der Waals surface area contributed by atoms with Crippen molar-refractivity contribution in [3.8, 4) is 0 Å². The van der Waals surface area contributed by atoms with Crippen LogP contribution in [-0.2, 0) is 20.7 Å². The monoisotopic (exact) mass is 395 g/mol. The van der Waals surface area contributed by atoms with Crippen molar-refractivity contribution >= 4 is 24.0 Å². The molecule has 156 valence electrons. The molecule has 0 aliphatic carbocycles. The Hall–Kier alpha value is -2.84. The number of pyridine rings is 1. The summed E-state index contributed by atoms with van der Waals surface area (Å²) in [6.45, 7) is 10.7. The third kappa shape index (κ3) is 9.20. The van der Waals surface area contributed by atoms with E-state index in [1.54, 1.807) is 47.6 Å². The Morgan fingerprint density at radius 2 is 1.68 bits per heavy atom. The zero-order chi connectivity index (χ0) is 21.5. The molecule has 0 aromatic carbocycles. The minimum absolute atomic E-state index is 0.0967. The maximum Gasteiger partial charge on any atom is 0.416 e. The summed E-state index contributed by atoms with van der Waals surface area (Å²) in [5.41, 5.74) is -0.833. The Bertz CT molecular complexity index is 689. The van der Waals surface area contributed by atoms with Crippen molar-refractivity contribution in [2.45, 2.75) is 59.2 Å². The lowest BCUT2D eigenvalue weighted by molar-refractivity contribution is -0.136. The molecule has 0 aliphatic heterocycles. The summed E-state index contributed by atoms with van der Waals surface area (Å²) < 4.78 is 10.6. The lowest BCUT2D eigenvalue weighted by atomic mass is 10.2. The van der Waals surface area contributed by atoms with Crippen LogP contribution in [0.3, 0.4) is 0 Å². The highest BCUT2D eigenvalue weighted by Gasteiger charge is 2.24. The van der Waals surface area contributed by atoms with E-state index in [1.165, 1.54) is 17.2 Å². The first-order valence-corrected chi connectivity index (χ1v) is 8.91. The highest BCUT2D eigenvalue weighted by Crippen LogP contribution is 2.17. The number of carboxylic acid groups (broad SMARTS) is 1. The van der Waals surface area contributed by atoms with Crippen LogP contribution in [0.15, 0.2) is 18.3 Å². The van der Waals surface area contributed by atoms with Crippen molar-refractivity contribution in [2.75, 3.05) is 18.0 Å². The molecule has 2 N–H and O–H groups in total. The Kier molecular flexibility index (Phi) is 7.78. The lowest BCUT2D eigenvalue weighted by Crippen LogP contribution is -2.43. The third-order valence-electron chi connectivity index (χ3n) is 3.06. The Balaban J connectivity index is 2.86. The number of anilines is 1. The number of ether oxygens (including phenoxy) is 2. The van der Waals surface area contributed by atoms with Gasteiger partial charge in [-0.1, -0.05) is 6.07 Å². The molecule has 28 heavy (non-hydrogen) atoms. The van der Waals surface area contributed by atoms with Crippen molar-refractivity contribution < 1.29 is 29.0 Å². The van der Waals surface area contributed by atoms with Crippen molar-refractivity contribution in [3.05, 3.63) is 23.9 Å². The second-order valence-electron chi connectivity index (χ2n) is 8.16. The second-order valence-corrected chi connectivity index (χ2v) is 8.16. The van der Waals surface area contributed by atoms with Crippen LogP contribution in [0, 0.1) is 0 Å². The molecule has 9 nitrogen and oxygen atoms in total. The van der Waals surface area contributed by atoms with E-state index < -0.39 is 29.4 Å². The number of nitrogens with one attached hydrogen (secondary N) is 1. The number of carbonyl (C=O) groups excluding carboxylic acids is 2. The Labute approximate surface area is 165 Å². The second kappa shape index (κ2) is 9.38. The number of rotatable bonds is 6. The Morgan fingerprint density at radius 3 is 2.14 bits per heavy atom. The van der Waals surface area contributed by atoms with E-state index >= 15 is 0 Å². The maximum absolute atomic E-state index is 12.6. The van der Waals surface area contributed by atoms with Gasteiger partial charge in [0.2, 0.25) is 0 Å². The number of carboxylic acids is 1. The fourth-order valence-corrected chi connectivity index (χ4v) is 2.06. The largest absolute Gasteiger partial charge is 0.481 e. The lowest BCUT2D eigenvalue weighted by Gasteiger charge is -2.27. The van der Waals surface area contributed by atoms with Crippen LogP contribution < -0.4 is 10.2 Å². The fraction of sp³-hybridized carbons (Fsp3) is 0.579. The van der Waals surface area contributed by atoms with Crippen LogP contribution in [-0.4, -0.2) is 52.5 Å². The Morgan fingerprint density at radius 1 is 1.07 bits per heavy atom. The number of nitrogens with zero attached hydrogens (tertiary/aromatic N) is 2. The van der Waals surface area contributed by atoms with Crippen LogP contribution >= 0.6 is 0 Å². The normalized spacial score (nSPS) is 11.5. The molecule has 0 atom stereocenters. The van der Waals surface area contributed by atoms with Crippen LogP contribution in [0.5, 0.6) is 0 Å². The molecule has 0 bridgehead atoms. The van der Waals surface area contributed by atoms with Gasteiger partial charge in [0.1, 0.15) is 17.0 Å². The van der Waals surface area contributed by atoms with Gasteiger partial charge in [0.25, 0.3) is 0 Å². The molecular formula is C19H29N3O6. The van der Waals surface area contributed by atoms with Gasteiger partial charge < -0.3 is 19.9 Å². The van der Waals surface area contributed by atoms with Crippen LogP contribution in [0.1, 0.15) is 47.1 Å². The predicted molar refractivity (Wildman–Crippen MR) is 103 cm³/mol. The van der Waals surface area contributed by atoms with Crippen molar-refractivity contribution in [1.82, 2.24) is 10.3 Å². The van der Waals surface area contributed by atoms with Crippen LogP contribution in [0.2, 0.25) is 0 Å². The van der Waals surface area contributed by atoms with Gasteiger partial charge in [-0.15, -0.1) is 0 Å². The van der Waals surface area contributed by atoms with Gasteiger partial charge in [0, 0.05) is 19.3 Å². The highest BCUT2D eigenvalue weighted by atomic mass is 16.6. The van der Waals surface area contributed by atoms with Crippen molar-refractivity contribution in [2.24, 2.45) is 0 Å². The summed E-state index contributed by atoms with van der Waals surface area (Å²) in [7, 11) is 0. The zero-order valence-electron chi connectivity index (χ0n) is 17.2. The van der Waals surface area contributed by atoms with E-state index in [9.17, 15) is 14.4 Å². The van der Waals surface area contributed by atoms with Gasteiger partial charge in [-0.3, -0.25) is 9.69 Å². The van der Waals surface area contributed by atoms with Crippen molar-refractivity contribution in [1.29, 1.82) is 0 Å². The summed E-state index contributed by atoms with van der Waals surface area (Å²) in [5.74, 6) is -0.686. The van der Waals surface area contributed by atoms with E-state index in [-0.39, 0.29) is 25.3 Å².